The Morgan fingerprint density at radius 2 is 2.07 bits per heavy atom. The molecular weight excluding hydrogens is 214 g/mol. The number of nitrogens with zero attached hydrogens (tertiary/aromatic N) is 1. The van der Waals surface area contributed by atoms with Crippen LogP contribution in [0.4, 0.5) is 4.79 Å². The van der Waals surface area contributed by atoms with E-state index in [1.807, 2.05) is 0 Å². The average molecular weight is 229 g/mol. The lowest BCUT2D eigenvalue weighted by Gasteiger charge is -2.27. The number of hydrogen-bond donors (Lipinski definition) is 2. The maximum absolute atomic E-state index is 11.3. The van der Waals surface area contributed by atoms with Crippen LogP contribution in [0.1, 0.15) is 6.42 Å². The third-order valence-corrected chi connectivity index (χ3v) is 3.73. The monoisotopic (exact) mass is 229 g/mol. The maximum Gasteiger partial charge on any atom is 0.286 e. The second-order valence-electron chi connectivity index (χ2n) is 3.76. The lowest BCUT2D eigenvalue weighted by atomic mass is 10.2. The van der Waals surface area contributed by atoms with Gasteiger partial charge < -0.3 is 10.2 Å². The third kappa shape index (κ3) is 2.93. The average Bonchev–Trinajstić information content (AvgIpc) is 2.56. The number of rotatable bonds is 3. The van der Waals surface area contributed by atoms with Crippen LogP contribution < -0.4 is 10.6 Å². The highest BCUT2D eigenvalue weighted by molar-refractivity contribution is 8.15. The fraction of sp³-hybridized carbons (Fsp3) is 0.778. The van der Waals surface area contributed by atoms with E-state index in [0.717, 1.165) is 50.9 Å². The van der Waals surface area contributed by atoms with Crippen LogP contribution in [-0.4, -0.2) is 54.0 Å². The highest BCUT2D eigenvalue weighted by Gasteiger charge is 2.31. The Morgan fingerprint density at radius 3 is 2.67 bits per heavy atom. The van der Waals surface area contributed by atoms with Crippen LogP contribution in [0.25, 0.3) is 0 Å². The summed E-state index contributed by atoms with van der Waals surface area (Å²) in [5.41, 5.74) is 0. The first-order valence-electron chi connectivity index (χ1n) is 5.20. The summed E-state index contributed by atoms with van der Waals surface area (Å²) in [5, 5.41) is 5.21. The number of carbonyl (C=O) groups excluding carboxylic acids is 2. The zero-order valence-electron chi connectivity index (χ0n) is 8.49. The summed E-state index contributed by atoms with van der Waals surface area (Å²) in [6.45, 7) is 5.01. The molecule has 1 unspecified atom stereocenters. The summed E-state index contributed by atoms with van der Waals surface area (Å²) < 4.78 is 0. The molecule has 2 heterocycles. The van der Waals surface area contributed by atoms with E-state index in [1.165, 1.54) is 0 Å². The molecule has 2 rings (SSSR count). The Kier molecular flexibility index (Phi) is 3.61. The molecule has 15 heavy (non-hydrogen) atoms. The predicted molar refractivity (Wildman–Crippen MR) is 58.8 cm³/mol. The molecule has 0 saturated carbocycles. The Morgan fingerprint density at radius 1 is 1.33 bits per heavy atom. The maximum atomic E-state index is 11.3. The summed E-state index contributed by atoms with van der Waals surface area (Å²) in [4.78, 5) is 24.5. The summed E-state index contributed by atoms with van der Waals surface area (Å²) in [6, 6.07) is 0. The van der Waals surface area contributed by atoms with Gasteiger partial charge in [0.15, 0.2) is 0 Å². The van der Waals surface area contributed by atoms with Gasteiger partial charge in [-0.15, -0.1) is 0 Å². The molecule has 2 amide bonds. The first kappa shape index (κ1) is 10.9. The van der Waals surface area contributed by atoms with Gasteiger partial charge in [0.05, 0.1) is 5.25 Å². The first-order valence-corrected chi connectivity index (χ1v) is 6.08. The minimum Gasteiger partial charge on any atom is -0.314 e. The van der Waals surface area contributed by atoms with Gasteiger partial charge in [-0.2, -0.15) is 0 Å². The van der Waals surface area contributed by atoms with Crippen molar-refractivity contribution in [3.8, 4) is 0 Å². The lowest BCUT2D eigenvalue weighted by molar-refractivity contribution is -0.119. The van der Waals surface area contributed by atoms with Crippen molar-refractivity contribution in [2.75, 3.05) is 32.7 Å². The van der Waals surface area contributed by atoms with E-state index in [9.17, 15) is 9.59 Å². The van der Waals surface area contributed by atoms with Crippen molar-refractivity contribution in [3.63, 3.8) is 0 Å². The van der Waals surface area contributed by atoms with Gasteiger partial charge in [0.2, 0.25) is 5.91 Å². The van der Waals surface area contributed by atoms with Gasteiger partial charge >= 0.3 is 0 Å². The Labute approximate surface area is 93.0 Å². The van der Waals surface area contributed by atoms with Crippen molar-refractivity contribution in [3.05, 3.63) is 0 Å². The fourth-order valence-corrected chi connectivity index (χ4v) is 2.63. The number of amides is 2. The van der Waals surface area contributed by atoms with Gasteiger partial charge in [0, 0.05) is 26.2 Å². The topological polar surface area (TPSA) is 61.4 Å². The van der Waals surface area contributed by atoms with Crippen LogP contribution in [0, 0.1) is 0 Å². The van der Waals surface area contributed by atoms with Crippen LogP contribution in [-0.2, 0) is 4.79 Å². The molecule has 2 fully saturated rings. The summed E-state index contributed by atoms with van der Waals surface area (Å²) >= 11 is 1.12. The summed E-state index contributed by atoms with van der Waals surface area (Å²) in [7, 11) is 0. The molecule has 6 heteroatoms. The van der Waals surface area contributed by atoms with Gasteiger partial charge in [-0.25, -0.2) is 0 Å². The molecule has 0 bridgehead atoms. The molecular formula is C9H15N3O2S. The normalized spacial score (nSPS) is 28.1. The van der Waals surface area contributed by atoms with Crippen LogP contribution in [0.15, 0.2) is 0 Å². The second-order valence-corrected chi connectivity index (χ2v) is 4.94. The van der Waals surface area contributed by atoms with Gasteiger partial charge in [0.1, 0.15) is 0 Å². The molecule has 0 spiro atoms. The molecule has 0 aliphatic carbocycles. The van der Waals surface area contributed by atoms with Crippen LogP contribution in [0.3, 0.4) is 0 Å². The number of hydrogen-bond acceptors (Lipinski definition) is 5. The minimum atomic E-state index is -0.203. The van der Waals surface area contributed by atoms with E-state index in [1.54, 1.807) is 0 Å². The lowest BCUT2D eigenvalue weighted by Crippen LogP contribution is -2.44. The van der Waals surface area contributed by atoms with Crippen molar-refractivity contribution in [2.45, 2.75) is 11.7 Å². The van der Waals surface area contributed by atoms with E-state index in [2.05, 4.69) is 15.5 Å². The molecule has 2 saturated heterocycles. The highest BCUT2D eigenvalue weighted by atomic mass is 32.2. The van der Waals surface area contributed by atoms with Gasteiger partial charge in [-0.05, 0) is 13.0 Å². The molecule has 0 radical (unpaired) electrons. The van der Waals surface area contributed by atoms with E-state index in [0.29, 0.717) is 0 Å². The minimum absolute atomic E-state index is 0.125. The molecule has 0 aromatic carbocycles. The number of carbonyl (C=O) groups is 2. The van der Waals surface area contributed by atoms with E-state index < -0.39 is 0 Å². The largest absolute Gasteiger partial charge is 0.314 e. The second kappa shape index (κ2) is 4.96. The van der Waals surface area contributed by atoms with Crippen molar-refractivity contribution in [1.29, 1.82) is 0 Å². The van der Waals surface area contributed by atoms with Crippen LogP contribution >= 0.6 is 11.8 Å². The first-order chi connectivity index (χ1) is 7.25. The third-order valence-electron chi connectivity index (χ3n) is 2.68. The van der Waals surface area contributed by atoms with Crippen LogP contribution in [0.2, 0.25) is 0 Å². The molecule has 2 aliphatic heterocycles. The molecule has 0 aromatic rings. The van der Waals surface area contributed by atoms with Gasteiger partial charge in [-0.3, -0.25) is 14.9 Å². The van der Waals surface area contributed by atoms with Crippen molar-refractivity contribution in [2.24, 2.45) is 0 Å². The zero-order chi connectivity index (χ0) is 10.7. The highest BCUT2D eigenvalue weighted by Crippen LogP contribution is 2.21. The predicted octanol–water partition coefficient (Wildman–Crippen LogP) is -0.367. The quantitative estimate of drug-likeness (QED) is 0.691. The standard InChI is InChI=1S/C9H15N3O2S/c13-8-7(15-9(14)11-8)1-4-12-5-2-10-3-6-12/h7,10H,1-6H2,(H,11,13,14). The Hall–Kier alpha value is -0.590. The smallest absolute Gasteiger partial charge is 0.286 e. The van der Waals surface area contributed by atoms with Crippen LogP contribution in [0.5, 0.6) is 0 Å². The molecule has 0 aromatic heterocycles. The van der Waals surface area contributed by atoms with Crippen molar-refractivity contribution in [1.82, 2.24) is 15.5 Å². The Bertz CT molecular complexity index is 266. The Balaban J connectivity index is 1.73. The fourth-order valence-electron chi connectivity index (χ4n) is 1.82. The zero-order valence-corrected chi connectivity index (χ0v) is 9.31. The molecule has 84 valence electrons. The van der Waals surface area contributed by atoms with Gasteiger partial charge in [0.25, 0.3) is 5.24 Å². The van der Waals surface area contributed by atoms with E-state index in [-0.39, 0.29) is 16.4 Å². The molecule has 2 N–H and O–H groups in total. The van der Waals surface area contributed by atoms with Gasteiger partial charge in [-0.1, -0.05) is 11.8 Å². The van der Waals surface area contributed by atoms with Crippen molar-refractivity contribution < 1.29 is 9.59 Å². The number of imide groups is 1. The molecule has 5 nitrogen and oxygen atoms in total. The number of nitrogens with one attached hydrogen (secondary N) is 2. The molecule has 2 aliphatic rings. The summed E-state index contributed by atoms with van der Waals surface area (Å²) in [6.07, 6.45) is 0.766. The van der Waals surface area contributed by atoms with E-state index in [4.69, 9.17) is 0 Å². The number of piperazine rings is 1. The summed E-state index contributed by atoms with van der Waals surface area (Å²) in [5.74, 6) is -0.125. The SMILES string of the molecule is O=C1NC(=O)C(CCN2CCNCC2)S1. The number of thioether (sulfide) groups is 1. The molecule has 1 atom stereocenters. The van der Waals surface area contributed by atoms with E-state index >= 15 is 0 Å². The van der Waals surface area contributed by atoms with Crippen molar-refractivity contribution >= 4 is 22.9 Å².